The number of imidazole rings is 1. The lowest BCUT2D eigenvalue weighted by atomic mass is 9.82. The summed E-state index contributed by atoms with van der Waals surface area (Å²) in [7, 11) is 0. The van der Waals surface area contributed by atoms with E-state index in [9.17, 15) is 5.26 Å². The van der Waals surface area contributed by atoms with Gasteiger partial charge in [-0.25, -0.2) is 9.67 Å². The van der Waals surface area contributed by atoms with Gasteiger partial charge in [0, 0.05) is 18.1 Å². The third-order valence-corrected chi connectivity index (χ3v) is 5.29. The van der Waals surface area contributed by atoms with Crippen LogP contribution in [0.5, 0.6) is 5.88 Å². The second-order valence-electron chi connectivity index (χ2n) is 8.83. The van der Waals surface area contributed by atoms with E-state index in [0.29, 0.717) is 11.5 Å². The van der Waals surface area contributed by atoms with Crippen LogP contribution in [0.4, 0.5) is 0 Å². The Labute approximate surface area is 176 Å². The Morgan fingerprint density at radius 3 is 2.43 bits per heavy atom. The number of nitriles is 1. The van der Waals surface area contributed by atoms with Gasteiger partial charge in [-0.3, -0.25) is 0 Å². The van der Waals surface area contributed by atoms with Gasteiger partial charge < -0.3 is 15.0 Å². The van der Waals surface area contributed by atoms with Gasteiger partial charge in [0.15, 0.2) is 0 Å². The van der Waals surface area contributed by atoms with Crippen molar-refractivity contribution >= 4 is 0 Å². The van der Waals surface area contributed by atoms with E-state index in [4.69, 9.17) is 15.6 Å². The predicted molar refractivity (Wildman–Crippen MR) is 114 cm³/mol. The Kier molecular flexibility index (Phi) is 4.65. The smallest absolute Gasteiger partial charge is 0.224 e. The first-order valence-electron chi connectivity index (χ1n) is 10.0. The van der Waals surface area contributed by atoms with Crippen LogP contribution in [-0.2, 0) is 5.54 Å². The van der Waals surface area contributed by atoms with Crippen LogP contribution >= 0.6 is 0 Å². The van der Waals surface area contributed by atoms with E-state index in [1.54, 1.807) is 12.5 Å². The molecular weight excluding hydrogens is 376 g/mol. The van der Waals surface area contributed by atoms with E-state index < -0.39 is 0 Å². The summed E-state index contributed by atoms with van der Waals surface area (Å²) in [6.45, 7) is 10.4. The number of fused-ring (bicyclic) bond motifs is 1. The van der Waals surface area contributed by atoms with Crippen molar-refractivity contribution < 1.29 is 4.74 Å². The molecule has 0 saturated heterocycles. The number of nitrogens with zero attached hydrogens (tertiary/aromatic N) is 5. The number of ether oxygens (including phenoxy) is 1. The van der Waals surface area contributed by atoms with Crippen molar-refractivity contribution in [2.24, 2.45) is 5.73 Å². The Morgan fingerprint density at radius 1 is 1.20 bits per heavy atom. The third-order valence-electron chi connectivity index (χ3n) is 5.29. The normalized spacial score (nSPS) is 16.4. The molecule has 0 saturated carbocycles. The molecule has 154 valence electrons. The highest BCUT2D eigenvalue weighted by Gasteiger charge is 2.39. The lowest BCUT2D eigenvalue weighted by Gasteiger charge is -2.28. The van der Waals surface area contributed by atoms with E-state index in [0.717, 1.165) is 22.5 Å². The summed E-state index contributed by atoms with van der Waals surface area (Å²) in [6, 6.07) is 10.4. The van der Waals surface area contributed by atoms with Gasteiger partial charge in [-0.2, -0.15) is 10.4 Å². The molecule has 2 aromatic heterocycles. The van der Waals surface area contributed by atoms with Crippen molar-refractivity contribution in [3.63, 3.8) is 0 Å². The summed E-state index contributed by atoms with van der Waals surface area (Å²) < 4.78 is 9.80. The van der Waals surface area contributed by atoms with Crippen LogP contribution in [0.15, 0.2) is 54.4 Å². The van der Waals surface area contributed by atoms with E-state index in [1.165, 1.54) is 0 Å². The van der Waals surface area contributed by atoms with Crippen LogP contribution in [0.25, 0.3) is 5.69 Å². The number of benzene rings is 1. The topological polar surface area (TPSA) is 94.7 Å². The molecule has 3 heterocycles. The van der Waals surface area contributed by atoms with Gasteiger partial charge in [0.05, 0.1) is 29.0 Å². The van der Waals surface area contributed by atoms with Gasteiger partial charge in [-0.05, 0) is 44.4 Å². The molecule has 0 fully saturated rings. The summed E-state index contributed by atoms with van der Waals surface area (Å²) >= 11 is 0. The van der Waals surface area contributed by atoms with Crippen molar-refractivity contribution in [2.75, 3.05) is 0 Å². The number of aromatic nitrogens is 4. The maximum atomic E-state index is 9.91. The quantitative estimate of drug-likeness (QED) is 0.710. The SMILES string of the molecule is CC(C)c1nn(C(C)(C)C)c2c1C(c1ccc(-n3ccnc3)cc1)C(C#N)=C(N)O2. The second kappa shape index (κ2) is 7.06. The van der Waals surface area contributed by atoms with Crippen molar-refractivity contribution in [3.8, 4) is 17.6 Å². The summed E-state index contributed by atoms with van der Waals surface area (Å²) in [4.78, 5) is 4.10. The fourth-order valence-electron chi connectivity index (χ4n) is 3.83. The molecule has 0 aliphatic carbocycles. The minimum atomic E-state index is -0.330. The molecule has 1 aliphatic heterocycles. The molecular formula is C23H26N6O. The zero-order valence-corrected chi connectivity index (χ0v) is 17.9. The molecule has 1 unspecified atom stereocenters. The lowest BCUT2D eigenvalue weighted by Crippen LogP contribution is -2.27. The fourth-order valence-corrected chi connectivity index (χ4v) is 3.83. The van der Waals surface area contributed by atoms with Crippen LogP contribution in [0.3, 0.4) is 0 Å². The first-order chi connectivity index (χ1) is 14.2. The largest absolute Gasteiger partial charge is 0.422 e. The molecule has 0 amide bonds. The van der Waals surface area contributed by atoms with Crippen LogP contribution in [-0.4, -0.2) is 19.3 Å². The first kappa shape index (κ1) is 19.8. The zero-order valence-electron chi connectivity index (χ0n) is 17.9. The summed E-state index contributed by atoms with van der Waals surface area (Å²) in [6.07, 6.45) is 5.39. The van der Waals surface area contributed by atoms with Crippen molar-refractivity contribution in [2.45, 2.75) is 52.0 Å². The predicted octanol–water partition coefficient (Wildman–Crippen LogP) is 4.17. The summed E-state index contributed by atoms with van der Waals surface area (Å²) in [5.41, 5.74) is 10.1. The molecule has 7 nitrogen and oxygen atoms in total. The average Bonchev–Trinajstić information content (AvgIpc) is 3.34. The molecule has 7 heteroatoms. The second-order valence-corrected chi connectivity index (χ2v) is 8.83. The molecule has 1 aliphatic rings. The first-order valence-corrected chi connectivity index (χ1v) is 10.0. The van der Waals surface area contributed by atoms with Crippen molar-refractivity contribution in [1.29, 1.82) is 5.26 Å². The van der Waals surface area contributed by atoms with Crippen molar-refractivity contribution in [3.05, 3.63) is 71.3 Å². The molecule has 0 radical (unpaired) electrons. The molecule has 2 N–H and O–H groups in total. The summed E-state index contributed by atoms with van der Waals surface area (Å²) in [5, 5.41) is 14.8. The van der Waals surface area contributed by atoms with E-state index in [2.05, 4.69) is 45.7 Å². The minimum Gasteiger partial charge on any atom is -0.422 e. The number of hydrogen-bond acceptors (Lipinski definition) is 5. The van der Waals surface area contributed by atoms with E-state index >= 15 is 0 Å². The van der Waals surface area contributed by atoms with Crippen LogP contribution in [0, 0.1) is 11.3 Å². The van der Waals surface area contributed by atoms with Gasteiger partial charge >= 0.3 is 0 Å². The van der Waals surface area contributed by atoms with E-state index in [1.807, 2.05) is 39.7 Å². The maximum absolute atomic E-state index is 9.91. The minimum absolute atomic E-state index is 0.134. The molecule has 0 bridgehead atoms. The average molecular weight is 403 g/mol. The van der Waals surface area contributed by atoms with Gasteiger partial charge in [0.25, 0.3) is 0 Å². The summed E-state index contributed by atoms with van der Waals surface area (Å²) in [5.74, 6) is 0.586. The highest BCUT2D eigenvalue weighted by atomic mass is 16.5. The fraction of sp³-hybridized carbons (Fsp3) is 0.348. The van der Waals surface area contributed by atoms with Gasteiger partial charge in [-0.15, -0.1) is 0 Å². The van der Waals surface area contributed by atoms with Crippen molar-refractivity contribution in [1.82, 2.24) is 19.3 Å². The maximum Gasteiger partial charge on any atom is 0.224 e. The highest BCUT2D eigenvalue weighted by Crippen LogP contribution is 2.47. The Morgan fingerprint density at radius 2 is 1.90 bits per heavy atom. The molecule has 4 rings (SSSR count). The van der Waals surface area contributed by atoms with Crippen LogP contribution in [0.1, 0.15) is 63.3 Å². The zero-order chi connectivity index (χ0) is 21.6. The molecule has 30 heavy (non-hydrogen) atoms. The standard InChI is InChI=1S/C23H26N6O/c1-14(2)20-19-18(15-6-8-16(9-7-15)28-11-10-26-13-28)17(12-24)21(25)30-22(19)29(27-20)23(3,4)5/h6-11,13-14,18H,25H2,1-5H3. The monoisotopic (exact) mass is 402 g/mol. The molecule has 1 atom stereocenters. The Bertz CT molecular complexity index is 1140. The van der Waals surface area contributed by atoms with Gasteiger partial charge in [-0.1, -0.05) is 26.0 Å². The Balaban J connectivity index is 1.92. The molecule has 0 spiro atoms. The lowest BCUT2D eigenvalue weighted by molar-refractivity contribution is 0.277. The number of nitrogens with two attached hydrogens (primary N) is 1. The van der Waals surface area contributed by atoms with Crippen LogP contribution < -0.4 is 10.5 Å². The third kappa shape index (κ3) is 3.14. The molecule has 3 aromatic rings. The number of hydrogen-bond donors (Lipinski definition) is 1. The van der Waals surface area contributed by atoms with Crippen LogP contribution in [0.2, 0.25) is 0 Å². The van der Waals surface area contributed by atoms with Gasteiger partial charge in [0.2, 0.25) is 11.8 Å². The number of rotatable bonds is 3. The van der Waals surface area contributed by atoms with Gasteiger partial charge in [0.1, 0.15) is 11.6 Å². The van der Waals surface area contributed by atoms with E-state index in [-0.39, 0.29) is 23.3 Å². The Hall–Kier alpha value is -3.53. The molecule has 1 aromatic carbocycles. The highest BCUT2D eigenvalue weighted by molar-refractivity contribution is 5.57. The number of allylic oxidation sites excluding steroid dienone is 1.